The highest BCUT2D eigenvalue weighted by molar-refractivity contribution is 6.02. The third-order valence-electron chi connectivity index (χ3n) is 3.33. The molecule has 3 rings (SSSR count). The monoisotopic (exact) mass is 312 g/mol. The average Bonchev–Trinajstić information content (AvgIpc) is 2.87. The van der Waals surface area contributed by atoms with E-state index in [-0.39, 0.29) is 18.4 Å². The Balaban J connectivity index is 1.96. The lowest BCUT2D eigenvalue weighted by Gasteiger charge is -2.11. The molecule has 8 nitrogen and oxygen atoms in total. The molecule has 0 saturated heterocycles. The Kier molecular flexibility index (Phi) is 3.80. The molecule has 0 radical (unpaired) electrons. The molecule has 0 unspecified atom stereocenters. The zero-order valence-corrected chi connectivity index (χ0v) is 12.5. The summed E-state index contributed by atoms with van der Waals surface area (Å²) in [6.45, 7) is 2.22. The summed E-state index contributed by atoms with van der Waals surface area (Å²) in [5, 5.41) is 8.60. The van der Waals surface area contributed by atoms with E-state index in [1.165, 1.54) is 0 Å². The number of aromatic nitrogens is 2. The van der Waals surface area contributed by atoms with Crippen molar-refractivity contribution in [3.8, 4) is 0 Å². The molecule has 5 N–H and O–H groups in total. The van der Waals surface area contributed by atoms with E-state index < -0.39 is 5.91 Å². The highest BCUT2D eigenvalue weighted by Crippen LogP contribution is 2.26. The van der Waals surface area contributed by atoms with Gasteiger partial charge < -0.3 is 21.7 Å². The Labute approximate surface area is 132 Å². The third kappa shape index (κ3) is 3.20. The predicted molar refractivity (Wildman–Crippen MR) is 85.3 cm³/mol. The van der Waals surface area contributed by atoms with Crippen LogP contribution in [-0.4, -0.2) is 28.3 Å². The molecule has 23 heavy (non-hydrogen) atoms. The Morgan fingerprint density at radius 2 is 2.22 bits per heavy atom. The minimum Gasteiger partial charge on any atom is -0.368 e. The van der Waals surface area contributed by atoms with Crippen molar-refractivity contribution in [3.05, 3.63) is 41.1 Å². The molecule has 2 aromatic rings. The van der Waals surface area contributed by atoms with E-state index in [4.69, 9.17) is 5.73 Å². The Morgan fingerprint density at radius 3 is 2.96 bits per heavy atom. The number of nitrogens with one attached hydrogen (secondary N) is 3. The van der Waals surface area contributed by atoms with Crippen molar-refractivity contribution in [2.24, 2.45) is 5.73 Å². The lowest BCUT2D eigenvalue weighted by atomic mass is 10.2. The molecule has 0 spiro atoms. The van der Waals surface area contributed by atoms with E-state index in [1.54, 1.807) is 0 Å². The van der Waals surface area contributed by atoms with Gasteiger partial charge in [-0.05, 0) is 24.6 Å². The van der Waals surface area contributed by atoms with Crippen LogP contribution in [0.1, 0.15) is 21.6 Å². The highest BCUT2D eigenvalue weighted by Gasteiger charge is 2.26. The number of nitrogens with two attached hydrogens (primary N) is 1. The standard InChI is InChI=1S/C15H16N6O2/c1-8-3-2-4-9(5-8)19-13-12-10(6-17-14(12)23)20-15(21-13)18-7-11(16)22/h2-5H,6-7H2,1H3,(H2,16,22)(H,17,23)(H2,18,19,20,21). The fourth-order valence-corrected chi connectivity index (χ4v) is 2.32. The van der Waals surface area contributed by atoms with Crippen LogP contribution >= 0.6 is 0 Å². The lowest BCUT2D eigenvalue weighted by molar-refractivity contribution is -0.116. The number of nitrogens with zero attached hydrogens (tertiary/aromatic N) is 2. The maximum Gasteiger partial charge on any atom is 0.257 e. The summed E-state index contributed by atoms with van der Waals surface area (Å²) in [5.41, 5.74) is 8.00. The van der Waals surface area contributed by atoms with E-state index in [9.17, 15) is 9.59 Å². The Hall–Kier alpha value is -3.16. The van der Waals surface area contributed by atoms with E-state index in [0.29, 0.717) is 23.6 Å². The molecule has 0 atom stereocenters. The topological polar surface area (TPSA) is 122 Å². The molecule has 1 aliphatic rings. The molecule has 0 fully saturated rings. The second-order valence-corrected chi connectivity index (χ2v) is 5.21. The number of carbonyl (C=O) groups excluding carboxylic acids is 2. The smallest absolute Gasteiger partial charge is 0.257 e. The van der Waals surface area contributed by atoms with Gasteiger partial charge in [0.25, 0.3) is 5.91 Å². The molecule has 1 aliphatic heterocycles. The van der Waals surface area contributed by atoms with Crippen LogP contribution in [0.15, 0.2) is 24.3 Å². The van der Waals surface area contributed by atoms with Crippen molar-refractivity contribution in [1.82, 2.24) is 15.3 Å². The molecule has 0 saturated carbocycles. The van der Waals surface area contributed by atoms with Gasteiger partial charge in [0.05, 0.1) is 18.8 Å². The zero-order chi connectivity index (χ0) is 16.4. The number of hydrogen-bond donors (Lipinski definition) is 4. The van der Waals surface area contributed by atoms with Crippen LogP contribution in [0.25, 0.3) is 0 Å². The number of benzene rings is 1. The second kappa shape index (κ2) is 5.91. The number of hydrogen-bond acceptors (Lipinski definition) is 6. The first-order valence-electron chi connectivity index (χ1n) is 7.08. The van der Waals surface area contributed by atoms with Crippen LogP contribution in [0.5, 0.6) is 0 Å². The SMILES string of the molecule is Cc1cccc(Nc2nc(NCC(N)=O)nc3c2C(=O)NC3)c1. The van der Waals surface area contributed by atoms with E-state index >= 15 is 0 Å². The second-order valence-electron chi connectivity index (χ2n) is 5.21. The Bertz CT molecular complexity index is 790. The van der Waals surface area contributed by atoms with Gasteiger partial charge in [-0.25, -0.2) is 4.98 Å². The van der Waals surface area contributed by atoms with Gasteiger partial charge in [0, 0.05) is 5.69 Å². The van der Waals surface area contributed by atoms with E-state index in [1.807, 2.05) is 31.2 Å². The molecule has 8 heteroatoms. The molecule has 0 bridgehead atoms. The maximum atomic E-state index is 12.0. The molecule has 2 heterocycles. The van der Waals surface area contributed by atoms with Crippen LogP contribution < -0.4 is 21.7 Å². The van der Waals surface area contributed by atoms with Gasteiger partial charge in [0.1, 0.15) is 11.4 Å². The number of fused-ring (bicyclic) bond motifs is 1. The number of anilines is 3. The molecular weight excluding hydrogens is 296 g/mol. The number of aryl methyl sites for hydroxylation is 1. The van der Waals surface area contributed by atoms with Gasteiger partial charge in [0.15, 0.2) is 0 Å². The zero-order valence-electron chi connectivity index (χ0n) is 12.5. The van der Waals surface area contributed by atoms with Gasteiger partial charge in [-0.2, -0.15) is 4.98 Å². The fourth-order valence-electron chi connectivity index (χ4n) is 2.32. The van der Waals surface area contributed by atoms with Gasteiger partial charge in [0.2, 0.25) is 11.9 Å². The highest BCUT2D eigenvalue weighted by atomic mass is 16.2. The predicted octanol–water partition coefficient (Wildman–Crippen LogP) is 0.669. The fraction of sp³-hybridized carbons (Fsp3) is 0.200. The first-order chi connectivity index (χ1) is 11.0. The van der Waals surface area contributed by atoms with Gasteiger partial charge in [-0.15, -0.1) is 0 Å². The minimum atomic E-state index is -0.517. The number of primary amides is 1. The van der Waals surface area contributed by atoms with Crippen molar-refractivity contribution in [2.75, 3.05) is 17.2 Å². The normalized spacial score (nSPS) is 12.5. The van der Waals surface area contributed by atoms with E-state index in [2.05, 4.69) is 25.9 Å². The van der Waals surface area contributed by atoms with Gasteiger partial charge in [-0.1, -0.05) is 12.1 Å². The van der Waals surface area contributed by atoms with Crippen molar-refractivity contribution in [3.63, 3.8) is 0 Å². The minimum absolute atomic E-state index is 0.0793. The molecule has 0 aliphatic carbocycles. The lowest BCUT2D eigenvalue weighted by Crippen LogP contribution is -2.23. The van der Waals surface area contributed by atoms with Crippen molar-refractivity contribution in [1.29, 1.82) is 0 Å². The first kappa shape index (κ1) is 14.8. The summed E-state index contributed by atoms with van der Waals surface area (Å²) in [6, 6.07) is 7.70. The van der Waals surface area contributed by atoms with Crippen LogP contribution in [0, 0.1) is 6.92 Å². The summed E-state index contributed by atoms with van der Waals surface area (Å²) in [4.78, 5) is 31.4. The number of amides is 2. The van der Waals surface area contributed by atoms with E-state index in [0.717, 1.165) is 11.3 Å². The summed E-state index contributed by atoms with van der Waals surface area (Å²) >= 11 is 0. The van der Waals surface area contributed by atoms with Crippen molar-refractivity contribution >= 4 is 29.3 Å². The maximum absolute atomic E-state index is 12.0. The van der Waals surface area contributed by atoms with Crippen molar-refractivity contribution < 1.29 is 9.59 Å². The molecule has 2 amide bonds. The molecular formula is C15H16N6O2. The Morgan fingerprint density at radius 1 is 1.39 bits per heavy atom. The quantitative estimate of drug-likeness (QED) is 0.643. The van der Waals surface area contributed by atoms with Crippen molar-refractivity contribution in [2.45, 2.75) is 13.5 Å². The van der Waals surface area contributed by atoms with Gasteiger partial charge in [-0.3, -0.25) is 9.59 Å². The van der Waals surface area contributed by atoms with Crippen LogP contribution in [0.3, 0.4) is 0 Å². The largest absolute Gasteiger partial charge is 0.368 e. The molecule has 1 aromatic heterocycles. The third-order valence-corrected chi connectivity index (χ3v) is 3.33. The van der Waals surface area contributed by atoms with Gasteiger partial charge >= 0.3 is 0 Å². The van der Waals surface area contributed by atoms with Crippen LogP contribution in [-0.2, 0) is 11.3 Å². The number of carbonyl (C=O) groups is 2. The average molecular weight is 312 g/mol. The van der Waals surface area contributed by atoms with Crippen LogP contribution in [0.2, 0.25) is 0 Å². The summed E-state index contributed by atoms with van der Waals surface area (Å²) in [5.74, 6) is -0.107. The van der Waals surface area contributed by atoms with Crippen LogP contribution in [0.4, 0.5) is 17.5 Å². The number of rotatable bonds is 5. The summed E-state index contributed by atoms with van der Waals surface area (Å²) in [7, 11) is 0. The molecule has 118 valence electrons. The molecule has 1 aromatic carbocycles. The summed E-state index contributed by atoms with van der Waals surface area (Å²) in [6.07, 6.45) is 0. The first-order valence-corrected chi connectivity index (χ1v) is 7.08. The summed E-state index contributed by atoms with van der Waals surface area (Å²) < 4.78 is 0.